The predicted octanol–water partition coefficient (Wildman–Crippen LogP) is 5.54. The van der Waals surface area contributed by atoms with Crippen molar-refractivity contribution in [2.45, 2.75) is 82.7 Å². The van der Waals surface area contributed by atoms with Crippen LogP contribution in [0.1, 0.15) is 81.0 Å². The molecule has 0 aromatic heterocycles. The van der Waals surface area contributed by atoms with E-state index < -0.39 is 0 Å². The molecule has 2 aliphatic carbocycles. The summed E-state index contributed by atoms with van der Waals surface area (Å²) in [7, 11) is 0. The molecular formula is C27H38N2. The summed E-state index contributed by atoms with van der Waals surface area (Å²) in [5.41, 5.74) is 18.5. The van der Waals surface area contributed by atoms with Crippen LogP contribution in [0.5, 0.6) is 0 Å². The first kappa shape index (κ1) is 20.6. The van der Waals surface area contributed by atoms with Crippen molar-refractivity contribution in [3.05, 3.63) is 70.8 Å². The third kappa shape index (κ3) is 4.59. The smallest absolute Gasteiger partial charge is 0.0138 e. The topological polar surface area (TPSA) is 52.0 Å². The van der Waals surface area contributed by atoms with Crippen LogP contribution in [0.2, 0.25) is 0 Å². The van der Waals surface area contributed by atoms with E-state index in [0.29, 0.717) is 11.8 Å². The monoisotopic (exact) mass is 390 g/mol. The minimum atomic E-state index is -0.174. The van der Waals surface area contributed by atoms with Gasteiger partial charge >= 0.3 is 0 Å². The fourth-order valence-corrected chi connectivity index (χ4v) is 6.16. The lowest BCUT2D eigenvalue weighted by Gasteiger charge is -2.34. The zero-order valence-corrected chi connectivity index (χ0v) is 18.6. The Kier molecular flexibility index (Phi) is 5.38. The van der Waals surface area contributed by atoms with E-state index in [0.717, 1.165) is 24.7 Å². The molecular weight excluding hydrogens is 352 g/mol. The fraction of sp³-hybridized carbons (Fsp3) is 0.556. The Bertz CT molecular complexity index is 786. The first-order valence-corrected chi connectivity index (χ1v) is 11.3. The molecule has 4 N–H and O–H groups in total. The van der Waals surface area contributed by atoms with Crippen LogP contribution in [-0.4, -0.2) is 11.1 Å². The van der Waals surface area contributed by atoms with E-state index in [-0.39, 0.29) is 11.1 Å². The van der Waals surface area contributed by atoms with Crippen LogP contribution in [0, 0.1) is 11.8 Å². The first-order chi connectivity index (χ1) is 13.6. The Morgan fingerprint density at radius 2 is 1.10 bits per heavy atom. The van der Waals surface area contributed by atoms with Crippen molar-refractivity contribution in [2.75, 3.05) is 0 Å². The lowest BCUT2D eigenvalue weighted by Crippen LogP contribution is -2.35. The van der Waals surface area contributed by atoms with Gasteiger partial charge in [-0.15, -0.1) is 0 Å². The lowest BCUT2D eigenvalue weighted by atomic mass is 9.71. The van der Waals surface area contributed by atoms with E-state index in [4.69, 9.17) is 11.5 Å². The maximum atomic E-state index is 6.40. The van der Waals surface area contributed by atoms with Crippen molar-refractivity contribution in [3.8, 4) is 0 Å². The molecule has 0 amide bonds. The summed E-state index contributed by atoms with van der Waals surface area (Å²) in [5, 5.41) is 0. The molecule has 0 saturated heterocycles. The average Bonchev–Trinajstić information content (AvgIpc) is 3.20. The highest BCUT2D eigenvalue weighted by molar-refractivity contribution is 5.39. The number of hydrogen-bond donors (Lipinski definition) is 2. The van der Waals surface area contributed by atoms with Crippen LogP contribution < -0.4 is 11.5 Å². The second kappa shape index (κ2) is 7.56. The molecule has 0 heterocycles. The van der Waals surface area contributed by atoms with Gasteiger partial charge in [0.15, 0.2) is 0 Å². The number of nitrogens with two attached hydrogens (primary N) is 2. The molecule has 2 fully saturated rings. The van der Waals surface area contributed by atoms with Crippen LogP contribution in [0.4, 0.5) is 0 Å². The third-order valence-electron chi connectivity index (χ3n) is 7.01. The molecule has 2 aromatic rings. The molecule has 0 aliphatic heterocycles. The first-order valence-electron chi connectivity index (χ1n) is 11.3. The van der Waals surface area contributed by atoms with Crippen LogP contribution in [0.3, 0.4) is 0 Å². The largest absolute Gasteiger partial charge is 0.325 e. The Morgan fingerprint density at radius 1 is 0.690 bits per heavy atom. The second-order valence-corrected chi connectivity index (χ2v) is 11.2. The van der Waals surface area contributed by atoms with Crippen LogP contribution >= 0.6 is 0 Å². The van der Waals surface area contributed by atoms with Crippen molar-refractivity contribution < 1.29 is 0 Å². The molecule has 2 aliphatic rings. The van der Waals surface area contributed by atoms with Crippen molar-refractivity contribution in [3.63, 3.8) is 0 Å². The molecule has 4 rings (SSSR count). The lowest BCUT2D eigenvalue weighted by molar-refractivity contribution is 0.363. The minimum absolute atomic E-state index is 0.174. The fourth-order valence-electron chi connectivity index (χ4n) is 6.16. The van der Waals surface area contributed by atoms with Crippen LogP contribution in [0.15, 0.2) is 48.5 Å². The molecule has 4 atom stereocenters. The Labute approximate surface area is 177 Å². The predicted molar refractivity (Wildman–Crippen MR) is 123 cm³/mol. The molecule has 29 heavy (non-hydrogen) atoms. The molecule has 156 valence electrons. The van der Waals surface area contributed by atoms with E-state index >= 15 is 0 Å². The summed E-state index contributed by atoms with van der Waals surface area (Å²) in [4.78, 5) is 0. The maximum absolute atomic E-state index is 6.40. The molecule has 0 spiro atoms. The van der Waals surface area contributed by atoms with Gasteiger partial charge in [-0.25, -0.2) is 0 Å². The summed E-state index contributed by atoms with van der Waals surface area (Å²) in [6.45, 7) is 8.55. The highest BCUT2D eigenvalue weighted by Crippen LogP contribution is 2.60. The minimum Gasteiger partial charge on any atom is -0.325 e. The summed E-state index contributed by atoms with van der Waals surface area (Å²) in [6, 6.07) is 18.1. The van der Waals surface area contributed by atoms with Crippen molar-refractivity contribution >= 4 is 0 Å². The average molecular weight is 391 g/mol. The van der Waals surface area contributed by atoms with E-state index in [1.807, 2.05) is 0 Å². The van der Waals surface area contributed by atoms with E-state index in [1.165, 1.54) is 30.4 Å². The molecule has 2 saturated carbocycles. The van der Waals surface area contributed by atoms with Crippen molar-refractivity contribution in [2.24, 2.45) is 23.3 Å². The van der Waals surface area contributed by atoms with Gasteiger partial charge in [0.05, 0.1) is 0 Å². The Hall–Kier alpha value is -1.64. The van der Waals surface area contributed by atoms with Gasteiger partial charge in [0, 0.05) is 11.1 Å². The summed E-state index contributed by atoms with van der Waals surface area (Å²) < 4.78 is 0. The van der Waals surface area contributed by atoms with Gasteiger partial charge in [-0.05, 0) is 106 Å². The zero-order chi connectivity index (χ0) is 20.8. The quantitative estimate of drug-likeness (QED) is 0.680. The van der Waals surface area contributed by atoms with Crippen LogP contribution in [0.25, 0.3) is 0 Å². The van der Waals surface area contributed by atoms with Gasteiger partial charge in [-0.3, -0.25) is 0 Å². The summed E-state index contributed by atoms with van der Waals surface area (Å²) in [5.74, 6) is 2.92. The normalized spacial score (nSPS) is 26.8. The number of benzene rings is 2. The van der Waals surface area contributed by atoms with Gasteiger partial charge < -0.3 is 11.5 Å². The van der Waals surface area contributed by atoms with Crippen molar-refractivity contribution in [1.82, 2.24) is 0 Å². The Morgan fingerprint density at radius 3 is 1.48 bits per heavy atom. The molecule has 0 radical (unpaired) electrons. The summed E-state index contributed by atoms with van der Waals surface area (Å²) >= 11 is 0. The summed E-state index contributed by atoms with van der Waals surface area (Å²) in [6.07, 6.45) is 5.94. The van der Waals surface area contributed by atoms with Crippen molar-refractivity contribution in [1.29, 1.82) is 0 Å². The highest BCUT2D eigenvalue weighted by Gasteiger charge is 2.48. The molecule has 2 aromatic carbocycles. The van der Waals surface area contributed by atoms with Gasteiger partial charge in [-0.1, -0.05) is 48.5 Å². The number of rotatable bonds is 6. The van der Waals surface area contributed by atoms with Gasteiger partial charge in [0.1, 0.15) is 0 Å². The maximum Gasteiger partial charge on any atom is 0.0138 e. The third-order valence-corrected chi connectivity index (χ3v) is 7.01. The molecule has 2 bridgehead atoms. The molecule has 2 nitrogen and oxygen atoms in total. The van der Waals surface area contributed by atoms with E-state index in [2.05, 4.69) is 76.2 Å². The van der Waals surface area contributed by atoms with Gasteiger partial charge in [0.2, 0.25) is 0 Å². The highest BCUT2D eigenvalue weighted by atomic mass is 14.7. The molecule has 2 unspecified atom stereocenters. The SMILES string of the molecule is CC(C)(N)Cc1ccccc1[C@H]1CC2CC1[C@H](c1ccccc1CC(C)(C)N)C2. The zero-order valence-electron chi connectivity index (χ0n) is 18.6. The van der Waals surface area contributed by atoms with E-state index in [1.54, 1.807) is 11.1 Å². The van der Waals surface area contributed by atoms with E-state index in [9.17, 15) is 0 Å². The second-order valence-electron chi connectivity index (χ2n) is 11.2. The standard InChI is InChI=1S/C27H38N2/c1-26(2,28)16-19-9-5-7-11-21(19)23-13-18-14-24(25(23)15-18)22-12-8-6-10-20(22)17-27(3,4)29/h5-12,18,23-25H,13-17,28-29H2,1-4H3/t18?,23-,24+,25?. The van der Waals surface area contributed by atoms with Gasteiger partial charge in [-0.2, -0.15) is 0 Å². The molecule has 2 heteroatoms. The number of fused-ring (bicyclic) bond motifs is 2. The number of hydrogen-bond acceptors (Lipinski definition) is 2. The Balaban J connectivity index is 1.65. The van der Waals surface area contributed by atoms with Gasteiger partial charge in [0.25, 0.3) is 0 Å². The van der Waals surface area contributed by atoms with Crippen LogP contribution in [-0.2, 0) is 12.8 Å².